The molecule has 122 valence electrons. The highest BCUT2D eigenvalue weighted by Crippen LogP contribution is 2.32. The van der Waals surface area contributed by atoms with Gasteiger partial charge >= 0.3 is 0 Å². The van der Waals surface area contributed by atoms with Gasteiger partial charge in [-0.3, -0.25) is 20.4 Å². The van der Waals surface area contributed by atoms with Gasteiger partial charge in [0, 0.05) is 6.08 Å². The number of halogens is 1. The minimum Gasteiger partial charge on any atom is -0.454 e. The fraction of sp³-hybridized carbons (Fsp3) is 0.0588. The Bertz CT molecular complexity index is 820. The number of benzene rings is 2. The Balaban J connectivity index is 1.56. The molecule has 2 amide bonds. The number of hydrazine groups is 1. The van der Waals surface area contributed by atoms with Crippen molar-refractivity contribution < 1.29 is 23.5 Å². The fourth-order valence-corrected chi connectivity index (χ4v) is 2.06. The number of amides is 2. The van der Waals surface area contributed by atoms with E-state index in [2.05, 4.69) is 10.9 Å². The molecule has 0 atom stereocenters. The van der Waals surface area contributed by atoms with Gasteiger partial charge in [0.25, 0.3) is 11.8 Å². The quantitative estimate of drug-likeness (QED) is 0.668. The molecule has 0 saturated carbocycles. The summed E-state index contributed by atoms with van der Waals surface area (Å²) >= 11 is 0. The second-order valence-electron chi connectivity index (χ2n) is 4.87. The predicted octanol–water partition coefficient (Wildman–Crippen LogP) is 2.03. The molecule has 2 aromatic carbocycles. The molecule has 0 unspecified atom stereocenters. The van der Waals surface area contributed by atoms with Crippen molar-refractivity contribution in [2.45, 2.75) is 0 Å². The first-order valence-corrected chi connectivity index (χ1v) is 7.06. The first kappa shape index (κ1) is 15.5. The van der Waals surface area contributed by atoms with E-state index in [9.17, 15) is 14.0 Å². The molecule has 2 N–H and O–H groups in total. The first-order chi connectivity index (χ1) is 11.6. The summed E-state index contributed by atoms with van der Waals surface area (Å²) in [5.74, 6) is -0.713. The van der Waals surface area contributed by atoms with Crippen molar-refractivity contribution in [3.05, 3.63) is 65.5 Å². The van der Waals surface area contributed by atoms with E-state index >= 15 is 0 Å². The van der Waals surface area contributed by atoms with Crippen LogP contribution in [0.5, 0.6) is 11.5 Å². The topological polar surface area (TPSA) is 76.7 Å². The molecule has 1 heterocycles. The lowest BCUT2D eigenvalue weighted by Crippen LogP contribution is -2.41. The third-order valence-corrected chi connectivity index (χ3v) is 3.24. The number of ether oxygens (including phenoxy) is 2. The molecule has 1 aliphatic rings. The largest absolute Gasteiger partial charge is 0.454 e. The molecule has 6 nitrogen and oxygen atoms in total. The van der Waals surface area contributed by atoms with Crippen LogP contribution in [0.4, 0.5) is 4.39 Å². The number of fused-ring (bicyclic) bond motifs is 1. The zero-order chi connectivity index (χ0) is 16.9. The lowest BCUT2D eigenvalue weighted by molar-refractivity contribution is -0.117. The highest BCUT2D eigenvalue weighted by atomic mass is 19.1. The van der Waals surface area contributed by atoms with Crippen molar-refractivity contribution in [3.8, 4) is 11.5 Å². The summed E-state index contributed by atoms with van der Waals surface area (Å²) < 4.78 is 23.9. The van der Waals surface area contributed by atoms with Crippen LogP contribution in [0.15, 0.2) is 48.5 Å². The third-order valence-electron chi connectivity index (χ3n) is 3.24. The first-order valence-electron chi connectivity index (χ1n) is 7.06. The van der Waals surface area contributed by atoms with Crippen LogP contribution in [-0.4, -0.2) is 18.6 Å². The molecule has 0 spiro atoms. The number of carbonyl (C=O) groups is 2. The summed E-state index contributed by atoms with van der Waals surface area (Å²) in [6.45, 7) is 0.172. The van der Waals surface area contributed by atoms with E-state index in [0.717, 1.165) is 11.6 Å². The predicted molar refractivity (Wildman–Crippen MR) is 83.6 cm³/mol. The van der Waals surface area contributed by atoms with Crippen LogP contribution in [-0.2, 0) is 4.79 Å². The Labute approximate surface area is 136 Å². The maximum Gasteiger partial charge on any atom is 0.272 e. The Hall–Kier alpha value is -3.35. The Kier molecular flexibility index (Phi) is 4.42. The second kappa shape index (κ2) is 6.82. The number of hydrogen-bond donors (Lipinski definition) is 2. The molecular weight excluding hydrogens is 315 g/mol. The lowest BCUT2D eigenvalue weighted by Gasteiger charge is -2.05. The van der Waals surface area contributed by atoms with E-state index < -0.39 is 17.6 Å². The van der Waals surface area contributed by atoms with E-state index in [4.69, 9.17) is 9.47 Å². The average molecular weight is 328 g/mol. The minimum absolute atomic E-state index is 0.155. The molecule has 0 saturated heterocycles. The molecule has 0 bridgehead atoms. The number of nitrogens with one attached hydrogen (secondary N) is 2. The van der Waals surface area contributed by atoms with E-state index in [1.807, 2.05) is 0 Å². The van der Waals surface area contributed by atoms with Crippen LogP contribution in [0.25, 0.3) is 6.08 Å². The maximum atomic E-state index is 13.4. The maximum absolute atomic E-state index is 13.4. The summed E-state index contributed by atoms with van der Waals surface area (Å²) in [4.78, 5) is 23.5. The minimum atomic E-state index is -0.738. The number of rotatable bonds is 3. The molecule has 3 rings (SSSR count). The third kappa shape index (κ3) is 3.52. The molecular formula is C17H13FN2O4. The van der Waals surface area contributed by atoms with Crippen molar-refractivity contribution in [2.24, 2.45) is 0 Å². The summed E-state index contributed by atoms with van der Waals surface area (Å²) in [5, 5.41) is 0. The van der Waals surface area contributed by atoms with Crippen LogP contribution < -0.4 is 20.3 Å². The van der Waals surface area contributed by atoms with Gasteiger partial charge in [-0.25, -0.2) is 4.39 Å². The summed E-state index contributed by atoms with van der Waals surface area (Å²) in [5.41, 5.74) is 4.90. The van der Waals surface area contributed by atoms with E-state index in [0.29, 0.717) is 11.5 Å². The van der Waals surface area contributed by atoms with Crippen molar-refractivity contribution in [2.75, 3.05) is 6.79 Å². The highest BCUT2D eigenvalue weighted by Gasteiger charge is 2.13. The fourth-order valence-electron chi connectivity index (χ4n) is 2.06. The SMILES string of the molecule is O=C(/C=C/c1ccc2c(c1)OCO2)NNC(=O)c1ccccc1F. The summed E-state index contributed by atoms with van der Waals surface area (Å²) in [6, 6.07) is 10.7. The van der Waals surface area contributed by atoms with Crippen molar-refractivity contribution in [3.63, 3.8) is 0 Å². The summed E-state index contributed by atoms with van der Waals surface area (Å²) in [7, 11) is 0. The second-order valence-corrected chi connectivity index (χ2v) is 4.87. The summed E-state index contributed by atoms with van der Waals surface area (Å²) in [6.07, 6.45) is 2.78. The zero-order valence-electron chi connectivity index (χ0n) is 12.4. The smallest absolute Gasteiger partial charge is 0.272 e. The molecule has 2 aromatic rings. The Morgan fingerprint density at radius 1 is 1.04 bits per heavy atom. The van der Waals surface area contributed by atoms with Crippen LogP contribution >= 0.6 is 0 Å². The Morgan fingerprint density at radius 3 is 2.67 bits per heavy atom. The van der Waals surface area contributed by atoms with E-state index in [1.54, 1.807) is 24.3 Å². The van der Waals surface area contributed by atoms with Gasteiger partial charge in [-0.15, -0.1) is 0 Å². The normalized spacial score (nSPS) is 12.2. The van der Waals surface area contributed by atoms with Crippen LogP contribution in [0.1, 0.15) is 15.9 Å². The average Bonchev–Trinajstić information content (AvgIpc) is 3.06. The highest BCUT2D eigenvalue weighted by molar-refractivity contribution is 5.98. The van der Waals surface area contributed by atoms with Crippen molar-refractivity contribution in [1.82, 2.24) is 10.9 Å². The van der Waals surface area contributed by atoms with Crippen LogP contribution in [0.2, 0.25) is 0 Å². The van der Waals surface area contributed by atoms with Crippen LogP contribution in [0, 0.1) is 5.82 Å². The van der Waals surface area contributed by atoms with Gasteiger partial charge in [-0.1, -0.05) is 18.2 Å². The van der Waals surface area contributed by atoms with Gasteiger partial charge in [0.05, 0.1) is 5.56 Å². The van der Waals surface area contributed by atoms with Crippen molar-refractivity contribution >= 4 is 17.9 Å². The monoisotopic (exact) mass is 328 g/mol. The van der Waals surface area contributed by atoms with E-state index in [-0.39, 0.29) is 12.4 Å². The molecule has 1 aliphatic heterocycles. The number of hydrogen-bond acceptors (Lipinski definition) is 4. The van der Waals surface area contributed by atoms with Gasteiger partial charge in [0.2, 0.25) is 6.79 Å². The molecule has 24 heavy (non-hydrogen) atoms. The zero-order valence-corrected chi connectivity index (χ0v) is 12.4. The lowest BCUT2D eigenvalue weighted by atomic mass is 10.2. The van der Waals surface area contributed by atoms with Gasteiger partial charge in [-0.05, 0) is 35.9 Å². The molecule has 0 fully saturated rings. The molecule has 7 heteroatoms. The molecule has 0 radical (unpaired) electrons. The van der Waals surface area contributed by atoms with Gasteiger partial charge in [-0.2, -0.15) is 0 Å². The van der Waals surface area contributed by atoms with Gasteiger partial charge < -0.3 is 9.47 Å². The van der Waals surface area contributed by atoms with E-state index in [1.165, 1.54) is 24.3 Å². The number of carbonyl (C=O) groups excluding carboxylic acids is 2. The Morgan fingerprint density at radius 2 is 1.83 bits per heavy atom. The van der Waals surface area contributed by atoms with Crippen LogP contribution in [0.3, 0.4) is 0 Å². The molecule has 0 aromatic heterocycles. The standard InChI is InChI=1S/C17H13FN2O4/c18-13-4-2-1-3-12(13)17(22)20-19-16(21)8-6-11-5-7-14-15(9-11)24-10-23-14/h1-9H,10H2,(H,19,21)(H,20,22)/b8-6+. The molecule has 0 aliphatic carbocycles. The van der Waals surface area contributed by atoms with Gasteiger partial charge in [0.15, 0.2) is 11.5 Å². The van der Waals surface area contributed by atoms with Crippen molar-refractivity contribution in [1.29, 1.82) is 0 Å². The van der Waals surface area contributed by atoms with Gasteiger partial charge in [0.1, 0.15) is 5.82 Å².